The molecule has 0 spiro atoms. The maximum absolute atomic E-state index is 2.64. The minimum atomic E-state index is -2.42. The van der Waals surface area contributed by atoms with Gasteiger partial charge in [-0.25, -0.2) is 0 Å². The van der Waals surface area contributed by atoms with Gasteiger partial charge in [-0.3, -0.25) is 0 Å². The summed E-state index contributed by atoms with van der Waals surface area (Å²) in [5.41, 5.74) is 14.0. The van der Waals surface area contributed by atoms with Crippen molar-refractivity contribution in [2.75, 3.05) is 0 Å². The topological polar surface area (TPSA) is 0 Å². The summed E-state index contributed by atoms with van der Waals surface area (Å²) in [7, 11) is 0. The van der Waals surface area contributed by atoms with Crippen molar-refractivity contribution in [3.63, 3.8) is 0 Å². The van der Waals surface area contributed by atoms with Crippen LogP contribution >= 0.6 is 0 Å². The molecule has 3 aromatic carbocycles. The zero-order chi connectivity index (χ0) is 29.1. The zero-order valence-corrected chi connectivity index (χ0v) is 31.3. The Kier molecular flexibility index (Phi) is 10.4. The predicted molar refractivity (Wildman–Crippen MR) is 175 cm³/mol. The molecule has 1 fully saturated rings. The van der Waals surface area contributed by atoms with Crippen LogP contribution in [0.5, 0.6) is 0 Å². The van der Waals surface area contributed by atoms with Crippen LogP contribution in [0, 0.1) is 5.92 Å². The van der Waals surface area contributed by atoms with Crippen LogP contribution in [0.3, 0.4) is 0 Å². The Morgan fingerprint density at radius 3 is 1.67 bits per heavy atom. The number of fused-ring (bicyclic) bond motifs is 3. The Morgan fingerprint density at radius 1 is 0.674 bits per heavy atom. The molecule has 1 saturated carbocycles. The van der Waals surface area contributed by atoms with Crippen molar-refractivity contribution >= 4 is 8.78 Å². The van der Waals surface area contributed by atoms with Gasteiger partial charge in [0.15, 0.2) is 0 Å². The number of halogens is 2. The number of benzene rings is 3. The molecule has 0 nitrogen and oxygen atoms in total. The van der Waals surface area contributed by atoms with Gasteiger partial charge in [-0.1, -0.05) is 0 Å². The normalized spacial score (nSPS) is 18.3. The summed E-state index contributed by atoms with van der Waals surface area (Å²) < 4.78 is 4.43. The molecular formula is C40H48Cl2Zr. The molecule has 3 heteroatoms. The van der Waals surface area contributed by atoms with Crippen molar-refractivity contribution in [1.82, 2.24) is 0 Å². The fourth-order valence-electron chi connectivity index (χ4n) is 7.63. The molecular weight excluding hydrogens is 643 g/mol. The van der Waals surface area contributed by atoms with E-state index in [-0.39, 0.29) is 35.6 Å². The number of hydrogen-bond donors (Lipinski definition) is 0. The van der Waals surface area contributed by atoms with E-state index in [1.54, 1.807) is 16.7 Å². The first kappa shape index (κ1) is 34.3. The predicted octanol–water partition coefficient (Wildman–Crippen LogP) is 5.12. The van der Waals surface area contributed by atoms with Crippen LogP contribution in [-0.4, -0.2) is 3.21 Å². The third-order valence-electron chi connectivity index (χ3n) is 9.93. The molecule has 3 aliphatic carbocycles. The van der Waals surface area contributed by atoms with Crippen molar-refractivity contribution < 1.29 is 46.1 Å². The maximum atomic E-state index is 2.64. The van der Waals surface area contributed by atoms with Crippen LogP contribution in [0.2, 0.25) is 0 Å². The summed E-state index contributed by atoms with van der Waals surface area (Å²) in [6.07, 6.45) is 9.50. The van der Waals surface area contributed by atoms with Gasteiger partial charge in [-0.05, 0) is 0 Å². The molecule has 43 heavy (non-hydrogen) atoms. The van der Waals surface area contributed by atoms with Gasteiger partial charge in [0.05, 0.1) is 0 Å². The Morgan fingerprint density at radius 2 is 1.19 bits per heavy atom. The molecule has 1 unspecified atom stereocenters. The van der Waals surface area contributed by atoms with E-state index in [4.69, 9.17) is 0 Å². The minimum absolute atomic E-state index is 0. The van der Waals surface area contributed by atoms with Crippen LogP contribution in [0.1, 0.15) is 119 Å². The molecule has 0 radical (unpaired) electrons. The molecule has 0 bridgehead atoms. The minimum Gasteiger partial charge on any atom is -1.00 e. The molecule has 0 N–H and O–H groups in total. The fraction of sp³-hybridized carbons (Fsp3) is 0.425. The summed E-state index contributed by atoms with van der Waals surface area (Å²) in [6.45, 7) is 19.2. The van der Waals surface area contributed by atoms with Gasteiger partial charge in [-0.15, -0.1) is 0 Å². The summed E-state index contributed by atoms with van der Waals surface area (Å²) >= 11 is -2.42. The second-order valence-electron chi connectivity index (χ2n) is 14.9. The van der Waals surface area contributed by atoms with E-state index < -0.39 is 21.3 Å². The summed E-state index contributed by atoms with van der Waals surface area (Å²) in [6, 6.07) is 26.2. The van der Waals surface area contributed by atoms with Crippen LogP contribution in [0.15, 0.2) is 81.7 Å². The maximum Gasteiger partial charge on any atom is -1.00 e. The van der Waals surface area contributed by atoms with E-state index in [1.807, 2.05) is 6.49 Å². The molecule has 0 heterocycles. The number of hydrogen-bond acceptors (Lipinski definition) is 0. The van der Waals surface area contributed by atoms with Gasteiger partial charge in [0.25, 0.3) is 0 Å². The van der Waals surface area contributed by atoms with Crippen molar-refractivity contribution in [2.45, 2.75) is 102 Å². The van der Waals surface area contributed by atoms with Gasteiger partial charge < -0.3 is 24.8 Å². The standard InChI is InChI=1S/C21H25.C13H13.C6H10.2ClH.Zr/c1-20(2,3)16-7-9-18-14(12-16)11-15-13-17(21(4,5)6)8-10-19(15)18;1-10-8-11(2)13(9-10)12-6-4-3-5-7-12;1-2-4-6-5-3-1;;;/h7-13H,1-6H3;3-7,9-10H,1-2H3;1-5H2;2*1H;/q;;;;;+2/p-2. The molecule has 226 valence electrons. The molecule has 0 saturated heterocycles. The summed E-state index contributed by atoms with van der Waals surface area (Å²) in [4.78, 5) is 0. The van der Waals surface area contributed by atoms with Gasteiger partial charge in [-0.2, -0.15) is 0 Å². The van der Waals surface area contributed by atoms with E-state index in [0.29, 0.717) is 9.54 Å². The average Bonchev–Trinajstić information content (AvgIpc) is 3.42. The Labute approximate surface area is 281 Å². The van der Waals surface area contributed by atoms with E-state index in [2.05, 4.69) is 128 Å². The number of allylic oxidation sites excluding steroid dienone is 4. The quantitative estimate of drug-likeness (QED) is 0.358. The largest absolute Gasteiger partial charge is 1.00 e. The van der Waals surface area contributed by atoms with Crippen LogP contribution < -0.4 is 24.8 Å². The van der Waals surface area contributed by atoms with Crippen LogP contribution in [0.4, 0.5) is 0 Å². The molecule has 0 aromatic heterocycles. The number of rotatable bonds is 3. The Hall–Kier alpha value is -1.53. The van der Waals surface area contributed by atoms with Gasteiger partial charge >= 0.3 is 259 Å². The zero-order valence-electron chi connectivity index (χ0n) is 27.4. The van der Waals surface area contributed by atoms with E-state index in [0.717, 1.165) is 0 Å². The van der Waals surface area contributed by atoms with Crippen LogP contribution in [-0.2, 0) is 32.1 Å². The summed E-state index contributed by atoms with van der Waals surface area (Å²) in [5, 5.41) is 0. The second-order valence-corrected chi connectivity index (χ2v) is 21.4. The van der Waals surface area contributed by atoms with Crippen molar-refractivity contribution in [3.05, 3.63) is 109 Å². The SMILES string of the molecule is CC1=[C]([Zr+2](=[C]2CCCCC2)[CH]2c3cc(C(C)(C)C)ccc3-c3ccc(C(C)(C)C)cc32)C(C)C=C1c1ccccc1.[Cl-].[Cl-]. The molecule has 6 rings (SSSR count). The van der Waals surface area contributed by atoms with Gasteiger partial charge in [0.2, 0.25) is 0 Å². The molecule has 0 aliphatic heterocycles. The molecule has 1 atom stereocenters. The smallest absolute Gasteiger partial charge is 1.00 e. The van der Waals surface area contributed by atoms with E-state index >= 15 is 0 Å². The molecule has 3 aliphatic rings. The van der Waals surface area contributed by atoms with E-state index in [1.165, 1.54) is 65.5 Å². The third-order valence-corrected chi connectivity index (χ3v) is 19.4. The van der Waals surface area contributed by atoms with Crippen molar-refractivity contribution in [2.24, 2.45) is 5.92 Å². The summed E-state index contributed by atoms with van der Waals surface area (Å²) in [5.74, 6) is 0.526. The second kappa shape index (κ2) is 13.1. The first-order valence-electron chi connectivity index (χ1n) is 15.9. The van der Waals surface area contributed by atoms with Gasteiger partial charge in [0.1, 0.15) is 0 Å². The molecule has 0 amide bonds. The van der Waals surface area contributed by atoms with Gasteiger partial charge in [0, 0.05) is 0 Å². The van der Waals surface area contributed by atoms with Crippen molar-refractivity contribution in [3.8, 4) is 11.1 Å². The van der Waals surface area contributed by atoms with Crippen LogP contribution in [0.25, 0.3) is 16.7 Å². The first-order valence-corrected chi connectivity index (χ1v) is 19.8. The monoisotopic (exact) mass is 688 g/mol. The molecule has 3 aromatic rings. The average molecular weight is 691 g/mol. The fourth-order valence-corrected chi connectivity index (χ4v) is 18.0. The van der Waals surface area contributed by atoms with E-state index in [9.17, 15) is 0 Å². The Bertz CT molecular complexity index is 1520. The first-order chi connectivity index (χ1) is 19.4. The third kappa shape index (κ3) is 6.44. The van der Waals surface area contributed by atoms with Crippen molar-refractivity contribution in [1.29, 1.82) is 0 Å². The Balaban J connectivity index is 0.00000212.